The average molecular weight is 333 g/mol. The van der Waals surface area contributed by atoms with Gasteiger partial charge < -0.3 is 11.5 Å². The fourth-order valence-electron chi connectivity index (χ4n) is 2.28. The molecule has 2 nitrogen and oxygen atoms in total. The minimum absolute atomic E-state index is 0.161. The van der Waals surface area contributed by atoms with E-state index in [4.69, 9.17) is 11.5 Å². The van der Waals surface area contributed by atoms with Gasteiger partial charge in [-0.3, -0.25) is 0 Å². The molecule has 2 rings (SSSR count). The van der Waals surface area contributed by atoms with Crippen LogP contribution in [0.15, 0.2) is 60.7 Å². The first-order valence-electron chi connectivity index (χ1n) is 7.18. The van der Waals surface area contributed by atoms with E-state index in [-0.39, 0.29) is 10.3 Å². The van der Waals surface area contributed by atoms with Crippen LogP contribution in [0.3, 0.4) is 0 Å². The first kappa shape index (κ1) is 16.5. The highest BCUT2D eigenvalue weighted by atomic mass is 32.5. The maximum Gasteiger partial charge on any atom is 0.104 e. The topological polar surface area (TPSA) is 52.0 Å². The van der Waals surface area contributed by atoms with Gasteiger partial charge in [0.2, 0.25) is 0 Å². The number of hydrogen-bond acceptors (Lipinski definition) is 3. The molecule has 2 aromatic carbocycles. The highest BCUT2D eigenvalue weighted by molar-refractivity contribution is 8.40. The molecule has 2 aromatic rings. The van der Waals surface area contributed by atoms with Crippen molar-refractivity contribution in [2.75, 3.05) is 0 Å². The van der Waals surface area contributed by atoms with E-state index in [1.807, 2.05) is 12.1 Å². The smallest absolute Gasteiger partial charge is 0.104 e. The van der Waals surface area contributed by atoms with Gasteiger partial charge in [0, 0.05) is 10.3 Å². The molecule has 0 heterocycles. The fraction of sp³-hybridized carbons (Fsp3) is 0.250. The maximum absolute atomic E-state index is 6.53. The monoisotopic (exact) mass is 332 g/mol. The van der Waals surface area contributed by atoms with Crippen LogP contribution in [0.25, 0.3) is 0 Å². The molecule has 0 bridgehead atoms. The molecule has 21 heavy (non-hydrogen) atoms. The normalized spacial score (nSPS) is 18.1. The predicted molar refractivity (Wildman–Crippen MR) is 101 cm³/mol. The first-order chi connectivity index (χ1) is 9.92. The zero-order valence-corrected chi connectivity index (χ0v) is 16.4. The van der Waals surface area contributed by atoms with Crippen molar-refractivity contribution in [3.05, 3.63) is 71.8 Å². The molecule has 112 valence electrons. The van der Waals surface area contributed by atoms with Gasteiger partial charge in [-0.05, 0) is 25.0 Å². The lowest BCUT2D eigenvalue weighted by Gasteiger charge is -2.28. The minimum Gasteiger partial charge on any atom is -0.324 e. The Morgan fingerprint density at radius 1 is 0.714 bits per heavy atom. The van der Waals surface area contributed by atoms with Gasteiger partial charge in [0.1, 0.15) is 17.3 Å². The van der Waals surface area contributed by atoms with Crippen molar-refractivity contribution in [2.24, 2.45) is 11.5 Å². The Balaban J connectivity index is 1.95. The number of nitrogens with two attached hydrogens (primary N) is 2. The van der Waals surface area contributed by atoms with Crippen LogP contribution in [0.1, 0.15) is 25.0 Å². The quantitative estimate of drug-likeness (QED) is 0.789. The van der Waals surface area contributed by atoms with Crippen LogP contribution < -0.4 is 11.5 Å². The Kier molecular flexibility index (Phi) is 5.45. The summed E-state index contributed by atoms with van der Waals surface area (Å²) in [5.41, 5.74) is 15.6. The van der Waals surface area contributed by atoms with Gasteiger partial charge in [-0.15, -0.1) is 0 Å². The summed E-state index contributed by atoms with van der Waals surface area (Å²) in [7, 11) is 1.15. The molecule has 0 aromatic heterocycles. The van der Waals surface area contributed by atoms with Crippen LogP contribution >= 0.6 is 10.7 Å². The van der Waals surface area contributed by atoms with E-state index in [0.717, 1.165) is 0 Å². The van der Waals surface area contributed by atoms with Crippen molar-refractivity contribution >= 4 is 28.0 Å². The Bertz CT molecular complexity index is 508. The van der Waals surface area contributed by atoms with E-state index in [2.05, 4.69) is 73.0 Å². The van der Waals surface area contributed by atoms with E-state index in [0.29, 0.717) is 0 Å². The van der Waals surface area contributed by atoms with E-state index < -0.39 is 17.3 Å². The van der Waals surface area contributed by atoms with Crippen molar-refractivity contribution in [1.29, 1.82) is 0 Å². The molecule has 0 aliphatic rings. The van der Waals surface area contributed by atoms with Gasteiger partial charge in [0.25, 0.3) is 0 Å². The molecule has 0 fully saturated rings. The van der Waals surface area contributed by atoms with Crippen molar-refractivity contribution in [3.63, 3.8) is 0 Å². The molecule has 0 radical (unpaired) electrons. The first-order valence-corrected chi connectivity index (χ1v) is 13.2. The third kappa shape index (κ3) is 4.56. The maximum atomic E-state index is 6.53. The summed E-state index contributed by atoms with van der Waals surface area (Å²) >= 11 is 0. The molecule has 0 saturated carbocycles. The summed E-state index contributed by atoms with van der Waals surface area (Å²) in [6.07, 6.45) is 0. The zero-order valence-electron chi connectivity index (χ0n) is 12.8. The molecular weight excluding hydrogens is 308 g/mol. The van der Waals surface area contributed by atoms with Crippen molar-refractivity contribution < 1.29 is 0 Å². The molecule has 2 unspecified atom stereocenters. The Morgan fingerprint density at radius 2 is 1.05 bits per heavy atom. The van der Waals surface area contributed by atoms with Crippen LogP contribution in [0.5, 0.6) is 0 Å². The summed E-state index contributed by atoms with van der Waals surface area (Å²) in [5.74, 6) is 0. The second-order valence-corrected chi connectivity index (χ2v) is 16.6. The Morgan fingerprint density at radius 3 is 1.38 bits per heavy atom. The Labute approximate surface area is 135 Å². The summed E-state index contributed by atoms with van der Waals surface area (Å²) in [6, 6.07) is 20.9. The molecule has 0 saturated heterocycles. The number of benzene rings is 2. The van der Waals surface area contributed by atoms with Crippen LogP contribution in [-0.4, -0.2) is 17.3 Å². The Hall–Kier alpha value is -0.856. The summed E-state index contributed by atoms with van der Waals surface area (Å²) in [5, 5.41) is -0.322. The number of hydrogen-bond donors (Lipinski definition) is 2. The van der Waals surface area contributed by atoms with Gasteiger partial charge in [-0.2, -0.15) is 0 Å². The van der Waals surface area contributed by atoms with E-state index in [9.17, 15) is 0 Å². The molecule has 5 heteroatoms. The van der Waals surface area contributed by atoms with E-state index in [1.54, 1.807) is 0 Å². The molecule has 2 atom stereocenters. The van der Waals surface area contributed by atoms with Gasteiger partial charge in [0.15, 0.2) is 0 Å². The number of rotatable bonds is 6. The largest absolute Gasteiger partial charge is 0.324 e. The lowest BCUT2D eigenvalue weighted by molar-refractivity contribution is 0.714. The second kappa shape index (κ2) is 6.94. The van der Waals surface area contributed by atoms with Gasteiger partial charge >= 0.3 is 0 Å². The highest BCUT2D eigenvalue weighted by Crippen LogP contribution is 2.24. The zero-order chi connectivity index (χ0) is 15.3. The van der Waals surface area contributed by atoms with Crippen molar-refractivity contribution in [3.8, 4) is 0 Å². The average Bonchev–Trinajstić information content (AvgIpc) is 2.49. The molecule has 0 spiro atoms. The van der Waals surface area contributed by atoms with Crippen LogP contribution in [-0.2, 0) is 10.3 Å². The molecular formula is C16H24N2SSi2. The summed E-state index contributed by atoms with van der Waals surface area (Å²) in [6.45, 7) is 4.32. The summed E-state index contributed by atoms with van der Waals surface area (Å²) in [4.78, 5) is 0. The molecule has 0 amide bonds. The molecule has 0 aliphatic carbocycles. The molecule has 0 aliphatic heterocycles. The van der Waals surface area contributed by atoms with Crippen molar-refractivity contribution in [1.82, 2.24) is 0 Å². The second-order valence-electron chi connectivity index (χ2n) is 6.06. The third-order valence-electron chi connectivity index (χ3n) is 3.67. The fourth-order valence-corrected chi connectivity index (χ4v) is 16.4. The van der Waals surface area contributed by atoms with Gasteiger partial charge in [-0.25, -0.2) is 10.7 Å². The van der Waals surface area contributed by atoms with Gasteiger partial charge in [-0.1, -0.05) is 60.7 Å². The van der Waals surface area contributed by atoms with Crippen LogP contribution in [0, 0.1) is 0 Å². The SMILES string of the molecule is CC(N)([SiH2]S[SiH2]C(C)(N)c1ccccc1)c1ccccc1. The molecule has 4 N–H and O–H groups in total. The lowest BCUT2D eigenvalue weighted by Crippen LogP contribution is -2.42. The van der Waals surface area contributed by atoms with Gasteiger partial charge in [0.05, 0.1) is 0 Å². The minimum atomic E-state index is -0.468. The van der Waals surface area contributed by atoms with E-state index >= 15 is 0 Å². The summed E-state index contributed by atoms with van der Waals surface area (Å²) < 4.78 is 0. The highest BCUT2D eigenvalue weighted by Gasteiger charge is 2.26. The van der Waals surface area contributed by atoms with Crippen LogP contribution in [0.4, 0.5) is 0 Å². The standard InChI is InChI=1S/C16H24N2SSi2/c1-15(17,13-9-5-3-6-10-13)20-19-21-16(2,18)14-11-7-4-8-12-14/h3-12H,17-18,20-21H2,1-2H3. The van der Waals surface area contributed by atoms with Crippen LogP contribution in [0.2, 0.25) is 0 Å². The predicted octanol–water partition coefficient (Wildman–Crippen LogP) is 1.55. The third-order valence-corrected chi connectivity index (χ3v) is 14.6. The van der Waals surface area contributed by atoms with Crippen molar-refractivity contribution in [2.45, 2.75) is 24.2 Å². The van der Waals surface area contributed by atoms with E-state index in [1.165, 1.54) is 11.1 Å². The lowest BCUT2D eigenvalue weighted by atomic mass is 10.1.